The number of benzene rings is 2. The molecule has 0 fully saturated rings. The molecule has 8 nitrogen and oxygen atoms in total. The summed E-state index contributed by atoms with van der Waals surface area (Å²) in [5, 5.41) is 15.8. The predicted octanol–water partition coefficient (Wildman–Crippen LogP) is 2.12. The van der Waals surface area contributed by atoms with Gasteiger partial charge in [0.2, 0.25) is 0 Å². The summed E-state index contributed by atoms with van der Waals surface area (Å²) < 4.78 is 5.03. The van der Waals surface area contributed by atoms with Gasteiger partial charge in [-0.05, 0) is 35.9 Å². The Hall–Kier alpha value is -3.68. The number of methoxy groups -OCH3 is 1. The van der Waals surface area contributed by atoms with Crippen LogP contribution in [-0.4, -0.2) is 30.9 Å². The topological polar surface area (TPSA) is 111 Å². The molecular weight excluding hydrogens is 338 g/mol. The van der Waals surface area contributed by atoms with Crippen molar-refractivity contribution in [2.45, 2.75) is 0 Å². The van der Waals surface area contributed by atoms with Crippen molar-refractivity contribution >= 4 is 23.6 Å². The Bertz CT molecular complexity index is 859. The number of carbonyl (C=O) groups excluding carboxylic acids is 2. The molecule has 0 heterocycles. The number of hydrogen-bond donors (Lipinski definition) is 2. The van der Waals surface area contributed by atoms with Crippen molar-refractivity contribution < 1.29 is 19.2 Å². The van der Waals surface area contributed by atoms with Crippen molar-refractivity contribution in [3.63, 3.8) is 0 Å². The van der Waals surface area contributed by atoms with Gasteiger partial charge in [-0.3, -0.25) is 19.7 Å². The van der Waals surface area contributed by atoms with E-state index in [9.17, 15) is 19.7 Å². The monoisotopic (exact) mass is 355 g/mol. The van der Waals surface area contributed by atoms with Crippen LogP contribution in [-0.2, 0) is 4.79 Å². The maximum absolute atomic E-state index is 12.4. The van der Waals surface area contributed by atoms with Gasteiger partial charge in [0.05, 0.1) is 12.0 Å². The van der Waals surface area contributed by atoms with Gasteiger partial charge in [0.1, 0.15) is 11.4 Å². The van der Waals surface area contributed by atoms with E-state index in [0.29, 0.717) is 16.9 Å². The van der Waals surface area contributed by atoms with Crippen molar-refractivity contribution in [3.8, 4) is 5.75 Å². The third-order valence-corrected chi connectivity index (χ3v) is 3.46. The molecule has 0 unspecified atom stereocenters. The zero-order chi connectivity index (χ0) is 19.1. The molecule has 0 bridgehead atoms. The van der Waals surface area contributed by atoms with E-state index in [1.165, 1.54) is 38.4 Å². The molecule has 134 valence electrons. The molecule has 2 amide bonds. The lowest BCUT2D eigenvalue weighted by Crippen LogP contribution is -2.33. The Kier molecular flexibility index (Phi) is 6.05. The van der Waals surface area contributed by atoms with Crippen molar-refractivity contribution in [2.24, 2.45) is 0 Å². The van der Waals surface area contributed by atoms with Gasteiger partial charge in [0.15, 0.2) is 0 Å². The van der Waals surface area contributed by atoms with Crippen LogP contribution in [0.1, 0.15) is 15.9 Å². The second-order valence-electron chi connectivity index (χ2n) is 5.17. The number of nitrogens with zero attached hydrogens (tertiary/aromatic N) is 1. The molecule has 0 aromatic heterocycles. The SMILES string of the molecule is CNC(=O)C(=Cc1cccc([N+](=O)[O-])c1)NC(=O)c1ccc(OC)cc1. The molecule has 2 aromatic rings. The minimum Gasteiger partial charge on any atom is -0.497 e. The molecule has 8 heteroatoms. The third-order valence-electron chi connectivity index (χ3n) is 3.46. The maximum Gasteiger partial charge on any atom is 0.270 e. The van der Waals surface area contributed by atoms with Crippen molar-refractivity contribution in [3.05, 3.63) is 75.5 Å². The number of nitrogens with one attached hydrogen (secondary N) is 2. The number of carbonyl (C=O) groups is 2. The minimum atomic E-state index is -0.535. The molecule has 0 aliphatic heterocycles. The highest BCUT2D eigenvalue weighted by atomic mass is 16.6. The van der Waals surface area contributed by atoms with E-state index in [-0.39, 0.29) is 11.4 Å². The first-order valence-corrected chi connectivity index (χ1v) is 7.58. The maximum atomic E-state index is 12.4. The minimum absolute atomic E-state index is 0.0335. The van der Waals surface area contributed by atoms with Gasteiger partial charge >= 0.3 is 0 Å². The highest BCUT2D eigenvalue weighted by Crippen LogP contribution is 2.16. The lowest BCUT2D eigenvalue weighted by atomic mass is 10.1. The van der Waals surface area contributed by atoms with Crippen LogP contribution in [0.5, 0.6) is 5.75 Å². The number of likely N-dealkylation sites (N-methyl/N-ethyl adjacent to an activating group) is 1. The van der Waals surface area contributed by atoms with Gasteiger partial charge in [-0.2, -0.15) is 0 Å². The summed E-state index contributed by atoms with van der Waals surface area (Å²) in [5.74, 6) is -0.425. The average Bonchev–Trinajstić information content (AvgIpc) is 2.67. The summed E-state index contributed by atoms with van der Waals surface area (Å²) in [6.45, 7) is 0. The van der Waals surface area contributed by atoms with Crippen LogP contribution in [0.2, 0.25) is 0 Å². The summed E-state index contributed by atoms with van der Waals surface area (Å²) in [6, 6.07) is 12.1. The molecule has 0 aliphatic rings. The van der Waals surface area contributed by atoms with Gasteiger partial charge in [0, 0.05) is 24.7 Å². The van der Waals surface area contributed by atoms with Crippen molar-refractivity contribution in [2.75, 3.05) is 14.2 Å². The van der Waals surface area contributed by atoms with Crippen LogP contribution in [0.4, 0.5) is 5.69 Å². The van der Waals surface area contributed by atoms with Gasteiger partial charge in [-0.1, -0.05) is 12.1 Å². The summed E-state index contributed by atoms with van der Waals surface area (Å²) in [6.07, 6.45) is 1.37. The Morgan fingerprint density at radius 2 is 1.85 bits per heavy atom. The van der Waals surface area contributed by atoms with Gasteiger partial charge in [0.25, 0.3) is 17.5 Å². The molecule has 0 saturated heterocycles. The first kappa shape index (κ1) is 18.7. The van der Waals surface area contributed by atoms with Crippen LogP contribution in [0.15, 0.2) is 54.2 Å². The number of nitro groups is 1. The fourth-order valence-corrected chi connectivity index (χ4v) is 2.12. The Balaban J connectivity index is 2.29. The number of nitro benzene ring substituents is 1. The van der Waals surface area contributed by atoms with E-state index in [4.69, 9.17) is 4.74 Å². The van der Waals surface area contributed by atoms with Gasteiger partial charge in [-0.25, -0.2) is 0 Å². The van der Waals surface area contributed by atoms with E-state index >= 15 is 0 Å². The summed E-state index contributed by atoms with van der Waals surface area (Å²) in [4.78, 5) is 34.7. The lowest BCUT2D eigenvalue weighted by Gasteiger charge is -2.09. The van der Waals surface area contributed by atoms with E-state index in [1.54, 1.807) is 30.3 Å². The van der Waals surface area contributed by atoms with Gasteiger partial charge in [-0.15, -0.1) is 0 Å². The molecule has 0 atom stereocenters. The number of ether oxygens (including phenoxy) is 1. The summed E-state index contributed by atoms with van der Waals surface area (Å²) >= 11 is 0. The highest BCUT2D eigenvalue weighted by Gasteiger charge is 2.14. The Morgan fingerprint density at radius 3 is 2.42 bits per heavy atom. The molecule has 0 radical (unpaired) electrons. The van der Waals surface area contributed by atoms with E-state index in [2.05, 4.69) is 10.6 Å². The van der Waals surface area contributed by atoms with Crippen LogP contribution in [0.3, 0.4) is 0 Å². The zero-order valence-corrected chi connectivity index (χ0v) is 14.2. The second kappa shape index (κ2) is 8.43. The number of hydrogen-bond acceptors (Lipinski definition) is 5. The molecule has 0 saturated carbocycles. The van der Waals surface area contributed by atoms with Crippen molar-refractivity contribution in [1.82, 2.24) is 10.6 Å². The fourth-order valence-electron chi connectivity index (χ4n) is 2.12. The van der Waals surface area contributed by atoms with Gasteiger partial charge < -0.3 is 15.4 Å². The Labute approximate surface area is 149 Å². The molecule has 26 heavy (non-hydrogen) atoms. The largest absolute Gasteiger partial charge is 0.497 e. The standard InChI is InChI=1S/C18H17N3O5/c1-19-18(23)16(11-12-4-3-5-14(10-12)21(24)25)20-17(22)13-6-8-15(26-2)9-7-13/h3-11H,1-2H3,(H,19,23)(H,20,22). The van der Waals surface area contributed by atoms with Crippen LogP contribution in [0, 0.1) is 10.1 Å². The van der Waals surface area contributed by atoms with E-state index in [1.807, 2.05) is 0 Å². The lowest BCUT2D eigenvalue weighted by molar-refractivity contribution is -0.384. The zero-order valence-electron chi connectivity index (χ0n) is 14.2. The first-order valence-electron chi connectivity index (χ1n) is 7.58. The molecule has 2 aromatic carbocycles. The third kappa shape index (κ3) is 4.67. The highest BCUT2D eigenvalue weighted by molar-refractivity contribution is 6.05. The number of amides is 2. The second-order valence-corrected chi connectivity index (χ2v) is 5.17. The van der Waals surface area contributed by atoms with Crippen molar-refractivity contribution in [1.29, 1.82) is 0 Å². The number of non-ortho nitro benzene ring substituents is 1. The summed E-state index contributed by atoms with van der Waals surface area (Å²) in [7, 11) is 2.93. The molecule has 2 N–H and O–H groups in total. The molecule has 2 rings (SSSR count). The molecule has 0 aliphatic carbocycles. The quantitative estimate of drug-likeness (QED) is 0.468. The van der Waals surface area contributed by atoms with Crippen LogP contribution >= 0.6 is 0 Å². The van der Waals surface area contributed by atoms with E-state index in [0.717, 1.165) is 0 Å². The number of rotatable bonds is 6. The molecular formula is C18H17N3O5. The summed E-state index contributed by atoms with van der Waals surface area (Å²) in [5.41, 5.74) is 0.595. The predicted molar refractivity (Wildman–Crippen MR) is 95.6 cm³/mol. The molecule has 0 spiro atoms. The normalized spacial score (nSPS) is 10.8. The average molecular weight is 355 g/mol. The van der Waals surface area contributed by atoms with Crippen LogP contribution < -0.4 is 15.4 Å². The van der Waals surface area contributed by atoms with Crippen LogP contribution in [0.25, 0.3) is 6.08 Å². The fraction of sp³-hybridized carbons (Fsp3) is 0.111. The Morgan fingerprint density at radius 1 is 1.15 bits per heavy atom. The smallest absolute Gasteiger partial charge is 0.270 e. The first-order chi connectivity index (χ1) is 12.4. The van der Waals surface area contributed by atoms with E-state index < -0.39 is 16.7 Å².